The number of aliphatic hydroxyl groups excluding tert-OH is 1. The largest absolute Gasteiger partial charge is 0.392 e. The molecule has 1 N–H and O–H groups in total. The Bertz CT molecular complexity index is 334. The molecule has 0 saturated carbocycles. The molecule has 0 unspecified atom stereocenters. The van der Waals surface area contributed by atoms with Gasteiger partial charge in [0, 0.05) is 17.3 Å². The average molecular weight is 207 g/mol. The number of carbonyl (C=O) groups is 1. The molecule has 0 aliphatic heterocycles. The van der Waals surface area contributed by atoms with Gasteiger partial charge >= 0.3 is 0 Å². The van der Waals surface area contributed by atoms with Gasteiger partial charge < -0.3 is 9.90 Å². The number of rotatable bonds is 5. The summed E-state index contributed by atoms with van der Waals surface area (Å²) >= 11 is 0. The molecule has 1 aromatic heterocycles. The second kappa shape index (κ2) is 5.03. The monoisotopic (exact) mass is 207 g/mol. The lowest BCUT2D eigenvalue weighted by molar-refractivity contribution is -0.114. The summed E-state index contributed by atoms with van der Waals surface area (Å²) < 4.78 is 0. The topological polar surface area (TPSA) is 50.2 Å². The van der Waals surface area contributed by atoms with Crippen molar-refractivity contribution >= 4 is 6.29 Å². The number of pyridine rings is 1. The van der Waals surface area contributed by atoms with Gasteiger partial charge in [-0.05, 0) is 30.5 Å². The fourth-order valence-corrected chi connectivity index (χ4v) is 1.27. The van der Waals surface area contributed by atoms with E-state index in [1.165, 1.54) is 0 Å². The van der Waals surface area contributed by atoms with Crippen molar-refractivity contribution in [2.75, 3.05) is 0 Å². The van der Waals surface area contributed by atoms with Gasteiger partial charge in [-0.25, -0.2) is 0 Å². The van der Waals surface area contributed by atoms with Crippen LogP contribution in [-0.2, 0) is 17.8 Å². The van der Waals surface area contributed by atoms with Crippen molar-refractivity contribution in [3.63, 3.8) is 0 Å². The quantitative estimate of drug-likeness (QED) is 0.748. The van der Waals surface area contributed by atoms with Crippen LogP contribution in [0.15, 0.2) is 18.3 Å². The van der Waals surface area contributed by atoms with Crippen LogP contribution in [0.5, 0.6) is 0 Å². The highest BCUT2D eigenvalue weighted by Gasteiger charge is 2.16. The normalized spacial score (nSPS) is 11.4. The van der Waals surface area contributed by atoms with E-state index in [-0.39, 0.29) is 12.0 Å². The minimum atomic E-state index is -0.295. The summed E-state index contributed by atoms with van der Waals surface area (Å²) in [5.74, 6) is 0. The van der Waals surface area contributed by atoms with Crippen molar-refractivity contribution in [3.05, 3.63) is 29.6 Å². The van der Waals surface area contributed by atoms with E-state index in [9.17, 15) is 4.79 Å². The number of aldehydes is 1. The van der Waals surface area contributed by atoms with Crippen LogP contribution in [0.2, 0.25) is 0 Å². The Balaban J connectivity index is 2.61. The Hall–Kier alpha value is -1.22. The first kappa shape index (κ1) is 11.9. The van der Waals surface area contributed by atoms with Gasteiger partial charge in [-0.2, -0.15) is 0 Å². The van der Waals surface area contributed by atoms with Crippen molar-refractivity contribution in [1.29, 1.82) is 0 Å². The fourth-order valence-electron chi connectivity index (χ4n) is 1.27. The lowest BCUT2D eigenvalue weighted by Crippen LogP contribution is -2.14. The highest BCUT2D eigenvalue weighted by Crippen LogP contribution is 2.19. The van der Waals surface area contributed by atoms with Crippen molar-refractivity contribution in [1.82, 2.24) is 4.98 Å². The summed E-state index contributed by atoms with van der Waals surface area (Å²) in [4.78, 5) is 14.9. The van der Waals surface area contributed by atoms with Crippen LogP contribution >= 0.6 is 0 Å². The van der Waals surface area contributed by atoms with E-state index in [0.29, 0.717) is 0 Å². The lowest BCUT2D eigenvalue weighted by atomic mass is 9.89. The summed E-state index contributed by atoms with van der Waals surface area (Å²) in [6.07, 6.45) is 4.20. The van der Waals surface area contributed by atoms with E-state index < -0.39 is 0 Å². The minimum Gasteiger partial charge on any atom is -0.392 e. The highest BCUT2D eigenvalue weighted by molar-refractivity contribution is 5.57. The van der Waals surface area contributed by atoms with E-state index >= 15 is 0 Å². The third-order valence-electron chi connectivity index (χ3n) is 2.41. The standard InChI is InChI=1S/C12H17NO2/c1-12(2,9-15)5-3-11-7-10(8-14)4-6-13-11/h4,6-7,9,14H,3,5,8H2,1-2H3. The molecule has 1 heterocycles. The molecule has 1 rings (SSSR count). The third kappa shape index (κ3) is 3.80. The molecule has 0 saturated heterocycles. The lowest BCUT2D eigenvalue weighted by Gasteiger charge is -2.15. The zero-order chi connectivity index (χ0) is 11.3. The predicted octanol–water partition coefficient (Wildman–Crippen LogP) is 1.73. The van der Waals surface area contributed by atoms with Gasteiger partial charge in [-0.15, -0.1) is 0 Å². The summed E-state index contributed by atoms with van der Waals surface area (Å²) in [5.41, 5.74) is 1.50. The minimum absolute atomic E-state index is 0.0343. The van der Waals surface area contributed by atoms with Crippen molar-refractivity contribution < 1.29 is 9.90 Å². The zero-order valence-electron chi connectivity index (χ0n) is 9.23. The predicted molar refractivity (Wildman–Crippen MR) is 58.3 cm³/mol. The summed E-state index contributed by atoms with van der Waals surface area (Å²) in [6.45, 7) is 3.86. The van der Waals surface area contributed by atoms with E-state index in [4.69, 9.17) is 5.11 Å². The van der Waals surface area contributed by atoms with Crippen LogP contribution in [0.4, 0.5) is 0 Å². The molecular formula is C12H17NO2. The Labute approximate surface area is 90.2 Å². The SMILES string of the molecule is CC(C)(C=O)CCc1cc(CO)ccn1. The van der Waals surface area contributed by atoms with Crippen molar-refractivity contribution in [3.8, 4) is 0 Å². The number of hydrogen-bond acceptors (Lipinski definition) is 3. The van der Waals surface area contributed by atoms with Gasteiger partial charge in [0.15, 0.2) is 0 Å². The molecule has 0 fully saturated rings. The number of nitrogens with zero attached hydrogens (tertiary/aromatic N) is 1. The number of aryl methyl sites for hydroxylation is 1. The van der Waals surface area contributed by atoms with E-state index in [2.05, 4.69) is 4.98 Å². The van der Waals surface area contributed by atoms with Gasteiger partial charge in [0.05, 0.1) is 6.61 Å². The number of aliphatic hydroxyl groups is 1. The Kier molecular flexibility index (Phi) is 3.97. The first-order valence-corrected chi connectivity index (χ1v) is 5.08. The number of hydrogen-bond donors (Lipinski definition) is 1. The summed E-state index contributed by atoms with van der Waals surface area (Å²) in [5, 5.41) is 8.95. The molecule has 82 valence electrons. The van der Waals surface area contributed by atoms with Gasteiger partial charge in [-0.3, -0.25) is 4.98 Å². The molecule has 3 nitrogen and oxygen atoms in total. The Morgan fingerprint density at radius 2 is 2.27 bits per heavy atom. The maximum atomic E-state index is 10.7. The maximum absolute atomic E-state index is 10.7. The van der Waals surface area contributed by atoms with Crippen LogP contribution < -0.4 is 0 Å². The molecule has 0 atom stereocenters. The number of aromatic nitrogens is 1. The molecule has 0 aromatic carbocycles. The zero-order valence-corrected chi connectivity index (χ0v) is 9.23. The second-order valence-corrected chi connectivity index (χ2v) is 4.42. The molecule has 0 bridgehead atoms. The smallest absolute Gasteiger partial charge is 0.125 e. The molecular weight excluding hydrogens is 190 g/mol. The van der Waals surface area contributed by atoms with E-state index in [1.807, 2.05) is 19.9 Å². The molecule has 0 aliphatic carbocycles. The van der Waals surface area contributed by atoms with Crippen molar-refractivity contribution in [2.24, 2.45) is 5.41 Å². The van der Waals surface area contributed by atoms with Crippen molar-refractivity contribution in [2.45, 2.75) is 33.3 Å². The van der Waals surface area contributed by atoms with Gasteiger partial charge in [0.25, 0.3) is 0 Å². The first-order valence-electron chi connectivity index (χ1n) is 5.08. The third-order valence-corrected chi connectivity index (χ3v) is 2.41. The molecule has 0 amide bonds. The van der Waals surface area contributed by atoms with E-state index in [0.717, 1.165) is 30.4 Å². The molecule has 15 heavy (non-hydrogen) atoms. The van der Waals surface area contributed by atoms with Crippen LogP contribution in [0.3, 0.4) is 0 Å². The van der Waals surface area contributed by atoms with Gasteiger partial charge in [0.1, 0.15) is 6.29 Å². The first-order chi connectivity index (χ1) is 7.07. The Morgan fingerprint density at radius 1 is 1.53 bits per heavy atom. The molecule has 3 heteroatoms. The van der Waals surface area contributed by atoms with E-state index in [1.54, 1.807) is 12.3 Å². The summed E-state index contributed by atoms with van der Waals surface area (Å²) in [7, 11) is 0. The van der Waals surface area contributed by atoms with Gasteiger partial charge in [-0.1, -0.05) is 13.8 Å². The Morgan fingerprint density at radius 3 is 2.87 bits per heavy atom. The highest BCUT2D eigenvalue weighted by atomic mass is 16.3. The maximum Gasteiger partial charge on any atom is 0.125 e. The second-order valence-electron chi connectivity index (χ2n) is 4.42. The molecule has 0 radical (unpaired) electrons. The molecule has 1 aromatic rings. The fraction of sp³-hybridized carbons (Fsp3) is 0.500. The van der Waals surface area contributed by atoms with Crippen LogP contribution in [0, 0.1) is 5.41 Å². The average Bonchev–Trinajstić information content (AvgIpc) is 2.27. The van der Waals surface area contributed by atoms with Crippen LogP contribution in [-0.4, -0.2) is 16.4 Å². The van der Waals surface area contributed by atoms with Crippen LogP contribution in [0.1, 0.15) is 31.5 Å². The van der Waals surface area contributed by atoms with Crippen LogP contribution in [0.25, 0.3) is 0 Å². The molecule has 0 spiro atoms. The van der Waals surface area contributed by atoms with Gasteiger partial charge in [0.2, 0.25) is 0 Å². The molecule has 0 aliphatic rings. The number of carbonyl (C=O) groups excluding carboxylic acids is 1. The summed E-state index contributed by atoms with van der Waals surface area (Å²) in [6, 6.07) is 3.66.